The van der Waals surface area contributed by atoms with E-state index in [1.807, 2.05) is 13.8 Å². The van der Waals surface area contributed by atoms with Gasteiger partial charge in [-0.1, -0.05) is 229 Å². The summed E-state index contributed by atoms with van der Waals surface area (Å²) in [4.78, 5) is 5.15. The molecule has 0 bridgehead atoms. The molecule has 0 saturated carbocycles. The van der Waals surface area contributed by atoms with E-state index < -0.39 is 0 Å². The maximum absolute atomic E-state index is 2.59. The molecule has 0 aromatic heterocycles. The van der Waals surface area contributed by atoms with E-state index >= 15 is 0 Å². The van der Waals surface area contributed by atoms with Crippen LogP contribution in [-0.2, 0) is 5.41 Å². The lowest BCUT2D eigenvalue weighted by atomic mass is 9.83. The minimum absolute atomic E-state index is 0.0213. The number of aryl methyl sites for hydroxylation is 3. The van der Waals surface area contributed by atoms with Crippen LogP contribution in [0.2, 0.25) is 0 Å². The molecule has 2 heteroatoms. The third-order valence-corrected chi connectivity index (χ3v) is 15.6. The Kier molecular flexibility index (Phi) is 13.5. The van der Waals surface area contributed by atoms with Crippen molar-refractivity contribution in [3.05, 3.63) is 270 Å². The minimum Gasteiger partial charge on any atom is -0.310 e. The Morgan fingerprint density at radius 3 is 1.54 bits per heavy atom. The normalized spacial score (nSPS) is 13.6. The van der Waals surface area contributed by atoms with Gasteiger partial charge in [0.15, 0.2) is 0 Å². The highest BCUT2D eigenvalue weighted by atomic mass is 15.2. The summed E-state index contributed by atoms with van der Waals surface area (Å²) in [5.41, 5.74) is 21.6. The van der Waals surface area contributed by atoms with Crippen LogP contribution in [0.25, 0.3) is 65.7 Å². The smallest absolute Gasteiger partial charge is 0.0561 e. The van der Waals surface area contributed by atoms with Gasteiger partial charge in [0.25, 0.3) is 0 Å². The molecule has 0 fully saturated rings. The van der Waals surface area contributed by atoms with Gasteiger partial charge in [0.2, 0.25) is 0 Å². The fourth-order valence-corrected chi connectivity index (χ4v) is 11.6. The second kappa shape index (κ2) is 20.7. The molecule has 374 valence electrons. The molecular weight excluding hydrogens is 917 g/mol. The number of nitrogens with zero attached hydrogens (tertiary/aromatic N) is 2. The topological polar surface area (TPSA) is 6.48 Å². The highest BCUT2D eigenvalue weighted by Crippen LogP contribution is 2.52. The molecule has 0 heterocycles. The van der Waals surface area contributed by atoms with Crippen LogP contribution in [0.15, 0.2) is 242 Å². The fraction of sp³-hybridized carbons (Fsp3) is 0.162. The lowest BCUT2D eigenvalue weighted by molar-refractivity contribution is 0.591. The lowest BCUT2D eigenvalue weighted by Gasteiger charge is -2.36. The Bertz CT molecular complexity index is 3940. The summed E-state index contributed by atoms with van der Waals surface area (Å²) < 4.78 is 0. The second-order valence-electron chi connectivity index (χ2n) is 21.5. The van der Waals surface area contributed by atoms with Crippen LogP contribution in [0.4, 0.5) is 28.4 Å². The molecule has 0 amide bonds. The summed E-state index contributed by atoms with van der Waals surface area (Å²) in [5, 5.41) is 7.49. The summed E-state index contributed by atoms with van der Waals surface area (Å²) >= 11 is 0. The summed E-state index contributed by atoms with van der Waals surface area (Å²) in [5.74, 6) is 0.203. The van der Waals surface area contributed by atoms with Gasteiger partial charge in [-0.2, -0.15) is 0 Å². The van der Waals surface area contributed by atoms with E-state index in [1.54, 1.807) is 0 Å². The van der Waals surface area contributed by atoms with Gasteiger partial charge in [0, 0.05) is 44.8 Å². The molecule has 0 radical (unpaired) electrons. The third-order valence-electron chi connectivity index (χ3n) is 15.6. The molecule has 11 aromatic rings. The molecule has 1 atom stereocenters. The first-order chi connectivity index (χ1) is 37.0. The van der Waals surface area contributed by atoms with Crippen LogP contribution in [-0.4, -0.2) is 0 Å². The number of anilines is 5. The Morgan fingerprint density at radius 2 is 0.947 bits per heavy atom. The Hall–Kier alpha value is -8.46. The molecule has 76 heavy (non-hydrogen) atoms. The summed E-state index contributed by atoms with van der Waals surface area (Å²) in [6.07, 6.45) is 5.96. The highest BCUT2D eigenvalue weighted by molar-refractivity contribution is 6.29. The van der Waals surface area contributed by atoms with Crippen molar-refractivity contribution in [3.8, 4) is 33.4 Å². The average molecular weight is 985 g/mol. The van der Waals surface area contributed by atoms with Gasteiger partial charge in [-0.25, -0.2) is 0 Å². The van der Waals surface area contributed by atoms with Gasteiger partial charge in [0.1, 0.15) is 0 Å². The monoisotopic (exact) mass is 985 g/mol. The largest absolute Gasteiger partial charge is 0.310 e. The Morgan fingerprint density at radius 1 is 0.408 bits per heavy atom. The first-order valence-electron chi connectivity index (χ1n) is 27.3. The number of rotatable bonds is 10. The van der Waals surface area contributed by atoms with Crippen LogP contribution in [0.3, 0.4) is 0 Å². The van der Waals surface area contributed by atoms with Gasteiger partial charge in [-0.05, 0) is 159 Å². The van der Waals surface area contributed by atoms with E-state index in [9.17, 15) is 0 Å². The molecule has 0 spiro atoms. The number of benzene rings is 11. The van der Waals surface area contributed by atoms with E-state index in [1.165, 1.54) is 105 Å². The molecule has 1 aliphatic carbocycles. The SMILES string of the molecule is CC.CC1=CCC(c2ccccc2C)C=C1N(c1cccc(-c2ccccc2)c1)c1cc(N(c2cccc(-c3ccccc3)c2)c2cc(-c3ccccc3C)ccc2C)c2ccc3cc(C(C)(C)C)cc4ccc1c2c43. The van der Waals surface area contributed by atoms with Crippen molar-refractivity contribution in [1.82, 2.24) is 0 Å². The second-order valence-corrected chi connectivity index (χ2v) is 21.5. The number of hydrogen-bond acceptors (Lipinski definition) is 2. The van der Waals surface area contributed by atoms with Crippen molar-refractivity contribution in [2.75, 3.05) is 9.80 Å². The van der Waals surface area contributed by atoms with E-state index in [2.05, 4.69) is 289 Å². The average Bonchev–Trinajstić information content (AvgIpc) is 3.47. The maximum atomic E-state index is 2.59. The Balaban J connectivity index is 0.00000305. The lowest BCUT2D eigenvalue weighted by Crippen LogP contribution is -2.22. The third kappa shape index (κ3) is 9.28. The van der Waals surface area contributed by atoms with Crippen molar-refractivity contribution in [2.45, 2.75) is 80.1 Å². The van der Waals surface area contributed by atoms with Gasteiger partial charge in [-0.15, -0.1) is 0 Å². The van der Waals surface area contributed by atoms with Crippen LogP contribution < -0.4 is 9.80 Å². The standard InChI is InChI=1S/C72H62N2.C2H6/c1-47-20-14-16-30-62(47)55-34-32-49(3)66(44-55)73(60-28-18-26-53(42-60)51-22-10-8-11-23-51)68-46-69(65-39-37-58-41-59(72(5,6)7)40-57-36-38-64(68)71(65)70(57)58)74(61-29-19-27-54(43-61)52-24-12-9-13-25-52)67-45-56(35-33-50(67)4)63-31-17-15-21-48(63)2;1-2/h8-34,36-46,56H,35H2,1-7H3;1-2H3. The van der Waals surface area contributed by atoms with Crippen LogP contribution in [0.5, 0.6) is 0 Å². The van der Waals surface area contributed by atoms with Crippen molar-refractivity contribution in [2.24, 2.45) is 0 Å². The van der Waals surface area contributed by atoms with Gasteiger partial charge < -0.3 is 9.80 Å². The van der Waals surface area contributed by atoms with Crippen LogP contribution >= 0.6 is 0 Å². The molecule has 0 N–H and O–H groups in total. The molecular formula is C74H68N2. The van der Waals surface area contributed by atoms with Crippen LogP contribution in [0.1, 0.15) is 81.7 Å². The van der Waals surface area contributed by atoms with Crippen molar-refractivity contribution in [3.63, 3.8) is 0 Å². The number of hydrogen-bond donors (Lipinski definition) is 0. The van der Waals surface area contributed by atoms with E-state index in [4.69, 9.17) is 0 Å². The molecule has 1 aliphatic rings. The summed E-state index contributed by atoms with van der Waals surface area (Å²) in [6, 6.07) is 81.6. The summed E-state index contributed by atoms with van der Waals surface area (Å²) in [7, 11) is 0. The molecule has 0 aliphatic heterocycles. The first-order valence-corrected chi connectivity index (χ1v) is 27.3. The molecule has 1 unspecified atom stereocenters. The zero-order chi connectivity index (χ0) is 52.7. The van der Waals surface area contributed by atoms with Crippen molar-refractivity contribution in [1.29, 1.82) is 0 Å². The molecule has 0 saturated heterocycles. The zero-order valence-corrected chi connectivity index (χ0v) is 45.6. The van der Waals surface area contributed by atoms with Crippen LogP contribution in [0, 0.1) is 20.8 Å². The summed E-state index contributed by atoms with van der Waals surface area (Å²) in [6.45, 7) is 20.0. The first kappa shape index (κ1) is 49.7. The highest BCUT2D eigenvalue weighted by Gasteiger charge is 2.29. The van der Waals surface area contributed by atoms with Gasteiger partial charge in [-0.3, -0.25) is 0 Å². The van der Waals surface area contributed by atoms with E-state index in [-0.39, 0.29) is 11.3 Å². The predicted octanol–water partition coefficient (Wildman–Crippen LogP) is 21.5. The van der Waals surface area contributed by atoms with Crippen molar-refractivity contribution < 1.29 is 0 Å². The zero-order valence-electron chi connectivity index (χ0n) is 45.6. The molecule has 12 rings (SSSR count). The molecule has 2 nitrogen and oxygen atoms in total. The van der Waals surface area contributed by atoms with Crippen molar-refractivity contribution >= 4 is 60.8 Å². The van der Waals surface area contributed by atoms with Gasteiger partial charge >= 0.3 is 0 Å². The van der Waals surface area contributed by atoms with Gasteiger partial charge in [0.05, 0.1) is 11.4 Å². The van der Waals surface area contributed by atoms with E-state index in [0.29, 0.717) is 0 Å². The van der Waals surface area contributed by atoms with E-state index in [0.717, 1.165) is 34.9 Å². The molecule has 11 aromatic carbocycles. The fourth-order valence-electron chi connectivity index (χ4n) is 11.6. The predicted molar refractivity (Wildman–Crippen MR) is 330 cm³/mol. The number of allylic oxidation sites excluding steroid dienone is 3. The quantitative estimate of drug-likeness (QED) is 0.126. The Labute approximate surface area is 451 Å². The maximum Gasteiger partial charge on any atom is 0.0561 e. The minimum atomic E-state index is -0.0213.